The molecule has 3 rings (SSSR count). The molecular formula is C18H19B. The fourth-order valence-electron chi connectivity index (χ4n) is 3.12. The van der Waals surface area contributed by atoms with Crippen molar-refractivity contribution in [1.82, 2.24) is 0 Å². The molecule has 19 heavy (non-hydrogen) atoms. The minimum absolute atomic E-state index is 0.107. The summed E-state index contributed by atoms with van der Waals surface area (Å²) in [5, 5.41) is 0. The van der Waals surface area contributed by atoms with Crippen molar-refractivity contribution >= 4 is 12.4 Å². The average molecular weight is 246 g/mol. The maximum atomic E-state index is 2.37. The van der Waals surface area contributed by atoms with Gasteiger partial charge in [-0.1, -0.05) is 0 Å². The second-order valence-corrected chi connectivity index (χ2v) is 5.90. The molecule has 0 saturated carbocycles. The van der Waals surface area contributed by atoms with Gasteiger partial charge in [0.05, 0.1) is 0 Å². The Morgan fingerprint density at radius 2 is 1.63 bits per heavy atom. The molecule has 0 unspecified atom stereocenters. The zero-order valence-corrected chi connectivity index (χ0v) is 12.1. The van der Waals surface area contributed by atoms with Crippen LogP contribution in [0.25, 0.3) is 11.1 Å². The van der Waals surface area contributed by atoms with Gasteiger partial charge in [0.2, 0.25) is 0 Å². The molecule has 0 fully saturated rings. The quantitative estimate of drug-likeness (QED) is 0.658. The number of fused-ring (bicyclic) bond motifs is 3. The van der Waals surface area contributed by atoms with Gasteiger partial charge < -0.3 is 0 Å². The van der Waals surface area contributed by atoms with Crippen LogP contribution < -0.4 is 0 Å². The SMILES string of the molecule is CB=C(C)c1ccc2c(c1)C(C)(C)c1ccccc1-2. The Labute approximate surface area is 116 Å². The third-order valence-corrected chi connectivity index (χ3v) is 4.47. The van der Waals surface area contributed by atoms with Gasteiger partial charge in [0.15, 0.2) is 0 Å². The van der Waals surface area contributed by atoms with Gasteiger partial charge in [-0.25, -0.2) is 0 Å². The third kappa shape index (κ3) is 1.72. The van der Waals surface area contributed by atoms with Crippen molar-refractivity contribution in [2.75, 3.05) is 0 Å². The zero-order chi connectivity index (χ0) is 13.6. The van der Waals surface area contributed by atoms with Crippen LogP contribution in [-0.2, 0) is 5.41 Å². The van der Waals surface area contributed by atoms with E-state index in [1.807, 2.05) is 0 Å². The monoisotopic (exact) mass is 246 g/mol. The minimum atomic E-state index is 0.107. The molecule has 0 amide bonds. The number of rotatable bonds is 1. The van der Waals surface area contributed by atoms with Gasteiger partial charge >= 0.3 is 116 Å². The van der Waals surface area contributed by atoms with Crippen molar-refractivity contribution in [2.45, 2.75) is 33.0 Å². The molecule has 0 N–H and O–H groups in total. The molecule has 1 aliphatic rings. The second kappa shape index (κ2) is 4.20. The van der Waals surface area contributed by atoms with Crippen LogP contribution in [-0.4, -0.2) is 12.4 Å². The molecule has 2 aromatic carbocycles. The Balaban J connectivity index is 2.27. The van der Waals surface area contributed by atoms with Crippen molar-refractivity contribution in [2.24, 2.45) is 0 Å². The fraction of sp³-hybridized carbons (Fsp3) is 0.278. The molecule has 94 valence electrons. The van der Waals surface area contributed by atoms with Crippen LogP contribution in [0.4, 0.5) is 0 Å². The van der Waals surface area contributed by atoms with E-state index in [1.165, 1.54) is 33.3 Å². The van der Waals surface area contributed by atoms with Gasteiger partial charge in [-0.2, -0.15) is 0 Å². The summed E-state index contributed by atoms with van der Waals surface area (Å²) < 4.78 is 0. The topological polar surface area (TPSA) is 0 Å². The van der Waals surface area contributed by atoms with E-state index in [1.54, 1.807) is 0 Å². The fourth-order valence-corrected chi connectivity index (χ4v) is 3.12. The molecule has 2 aromatic rings. The van der Waals surface area contributed by atoms with Crippen molar-refractivity contribution in [3.05, 3.63) is 59.2 Å². The van der Waals surface area contributed by atoms with Crippen LogP contribution in [0.1, 0.15) is 37.5 Å². The molecule has 0 spiro atoms. The van der Waals surface area contributed by atoms with Crippen molar-refractivity contribution < 1.29 is 0 Å². The van der Waals surface area contributed by atoms with Crippen LogP contribution in [0.2, 0.25) is 6.82 Å². The number of hydrogen-bond acceptors (Lipinski definition) is 0. The van der Waals surface area contributed by atoms with E-state index in [0.29, 0.717) is 0 Å². The van der Waals surface area contributed by atoms with Crippen LogP contribution in [0.5, 0.6) is 0 Å². The summed E-state index contributed by atoms with van der Waals surface area (Å²) in [7, 11) is 0. The van der Waals surface area contributed by atoms with E-state index in [-0.39, 0.29) is 5.41 Å². The third-order valence-electron chi connectivity index (χ3n) is 4.47. The predicted octanol–water partition coefficient (Wildman–Crippen LogP) is 4.29. The summed E-state index contributed by atoms with van der Waals surface area (Å²) in [6.07, 6.45) is 0. The Bertz CT molecular complexity index is 678. The summed E-state index contributed by atoms with van der Waals surface area (Å²) in [5.74, 6) is 0. The van der Waals surface area contributed by atoms with E-state index in [4.69, 9.17) is 0 Å². The molecule has 0 heterocycles. The molecule has 0 atom stereocenters. The van der Waals surface area contributed by atoms with Gasteiger partial charge in [0.1, 0.15) is 0 Å². The van der Waals surface area contributed by atoms with Crippen molar-refractivity contribution in [3.63, 3.8) is 0 Å². The molecular weight excluding hydrogens is 227 g/mol. The van der Waals surface area contributed by atoms with Gasteiger partial charge in [-0.05, 0) is 0 Å². The molecule has 0 radical (unpaired) electrons. The first-order chi connectivity index (χ1) is 9.05. The predicted molar refractivity (Wildman–Crippen MR) is 85.4 cm³/mol. The molecule has 1 heteroatoms. The first-order valence-electron chi connectivity index (χ1n) is 6.93. The van der Waals surface area contributed by atoms with Crippen LogP contribution >= 0.6 is 0 Å². The molecule has 0 aromatic heterocycles. The first kappa shape index (κ1) is 12.4. The van der Waals surface area contributed by atoms with Gasteiger partial charge in [0.25, 0.3) is 0 Å². The average Bonchev–Trinajstić information content (AvgIpc) is 2.67. The first-order valence-corrected chi connectivity index (χ1v) is 6.93. The Kier molecular flexibility index (Phi) is 2.74. The standard InChI is InChI=1S/C18H19B/c1-12(19-4)13-9-10-15-14-7-5-6-8-16(14)18(2,3)17(15)11-13/h5-11H,1-4H3. The van der Waals surface area contributed by atoms with Crippen LogP contribution in [0.15, 0.2) is 42.5 Å². The van der Waals surface area contributed by atoms with E-state index < -0.39 is 0 Å². The summed E-state index contributed by atoms with van der Waals surface area (Å²) >= 11 is 0. The molecule has 0 saturated heterocycles. The Morgan fingerprint density at radius 1 is 0.947 bits per heavy atom. The summed E-state index contributed by atoms with van der Waals surface area (Å²) in [4.78, 5) is 0. The zero-order valence-electron chi connectivity index (χ0n) is 12.1. The van der Waals surface area contributed by atoms with Crippen LogP contribution in [0, 0.1) is 0 Å². The van der Waals surface area contributed by atoms with Crippen molar-refractivity contribution in [3.8, 4) is 11.1 Å². The van der Waals surface area contributed by atoms with E-state index in [9.17, 15) is 0 Å². The van der Waals surface area contributed by atoms with Crippen LogP contribution in [0.3, 0.4) is 0 Å². The maximum absolute atomic E-state index is 2.37. The molecule has 0 nitrogen and oxygen atoms in total. The molecule has 0 aliphatic heterocycles. The van der Waals surface area contributed by atoms with Gasteiger partial charge in [0, 0.05) is 0 Å². The Morgan fingerprint density at radius 3 is 2.37 bits per heavy atom. The Hall–Kier alpha value is -1.63. The summed E-state index contributed by atoms with van der Waals surface area (Å²) in [6, 6.07) is 15.7. The van der Waals surface area contributed by atoms with E-state index in [0.717, 1.165) is 0 Å². The molecule has 0 bridgehead atoms. The summed E-state index contributed by atoms with van der Waals surface area (Å²) in [5.41, 5.74) is 8.47. The summed E-state index contributed by atoms with van der Waals surface area (Å²) in [6.45, 7) is 11.1. The number of benzene rings is 2. The normalized spacial score (nSPS) is 15.7. The van der Waals surface area contributed by atoms with Gasteiger partial charge in [-0.15, -0.1) is 0 Å². The van der Waals surface area contributed by atoms with Crippen molar-refractivity contribution in [1.29, 1.82) is 0 Å². The van der Waals surface area contributed by atoms with Gasteiger partial charge in [-0.3, -0.25) is 0 Å². The van der Waals surface area contributed by atoms with E-state index >= 15 is 0 Å². The number of hydrogen-bond donors (Lipinski definition) is 0. The second-order valence-electron chi connectivity index (χ2n) is 5.90. The molecule has 1 aliphatic carbocycles. The van der Waals surface area contributed by atoms with E-state index in [2.05, 4.69) is 77.0 Å².